The monoisotopic (exact) mass is 756 g/mol. The van der Waals surface area contributed by atoms with Gasteiger partial charge in [-0.25, -0.2) is 0 Å². The molecule has 3 atom stereocenters. The van der Waals surface area contributed by atoms with E-state index in [0.29, 0.717) is 0 Å². The van der Waals surface area contributed by atoms with Crippen LogP contribution in [0.3, 0.4) is 0 Å². The highest BCUT2D eigenvalue weighted by molar-refractivity contribution is 7.80. The number of rotatable bonds is 16. The van der Waals surface area contributed by atoms with E-state index in [1.165, 1.54) is 6.92 Å². The van der Waals surface area contributed by atoms with Gasteiger partial charge in [0.2, 0.25) is 11.8 Å². The molecule has 1 fully saturated rings. The average Bonchev–Trinajstić information content (AvgIpc) is 3.27. The minimum atomic E-state index is -7.20. The fourth-order valence-electron chi connectivity index (χ4n) is 3.35. The van der Waals surface area contributed by atoms with Gasteiger partial charge in [0.05, 0.1) is 0 Å². The fourth-order valence-corrected chi connectivity index (χ4v) is 3.45. The van der Waals surface area contributed by atoms with E-state index < -0.39 is 123 Å². The number of alkyl halides is 18. The number of halogens is 18. The van der Waals surface area contributed by atoms with Crippen molar-refractivity contribution in [3.63, 3.8) is 0 Å². The van der Waals surface area contributed by atoms with Crippen LogP contribution >= 0.6 is 12.6 Å². The maximum absolute atomic E-state index is 13.7. The molecule has 1 heterocycles. The molecule has 1 saturated heterocycles. The van der Waals surface area contributed by atoms with Crippen molar-refractivity contribution >= 4 is 24.4 Å². The van der Waals surface area contributed by atoms with Gasteiger partial charge in [0, 0.05) is 38.8 Å². The van der Waals surface area contributed by atoms with E-state index in [2.05, 4.69) is 12.6 Å². The smallest absolute Gasteiger partial charge is 0.353 e. The lowest BCUT2D eigenvalue weighted by molar-refractivity contribution is -0.396. The van der Waals surface area contributed by atoms with Gasteiger partial charge in [0.1, 0.15) is 17.6 Å². The highest BCUT2D eigenvalue weighted by Gasteiger charge is 2.82. The number of ether oxygens (including phenoxy) is 3. The van der Waals surface area contributed by atoms with Crippen LogP contribution in [0.2, 0.25) is 0 Å². The molecule has 7 nitrogen and oxygen atoms in total. The summed E-state index contributed by atoms with van der Waals surface area (Å²) in [5.41, 5.74) is -0.985. The first-order chi connectivity index (χ1) is 20.7. The van der Waals surface area contributed by atoms with Crippen molar-refractivity contribution in [2.75, 3.05) is 13.1 Å². The molecular weight excluding hydrogens is 734 g/mol. The van der Waals surface area contributed by atoms with E-state index in [4.69, 9.17) is 14.2 Å². The maximum atomic E-state index is 13.7. The third kappa shape index (κ3) is 9.54. The van der Waals surface area contributed by atoms with Gasteiger partial charge in [-0.2, -0.15) is 79.0 Å². The Morgan fingerprint density at radius 3 is 1.17 bits per heavy atom. The van der Waals surface area contributed by atoms with E-state index in [0.717, 1.165) is 0 Å². The predicted molar refractivity (Wildman–Crippen MR) is 119 cm³/mol. The van der Waals surface area contributed by atoms with Gasteiger partial charge in [-0.05, 0) is 6.92 Å². The lowest BCUT2D eigenvalue weighted by Gasteiger charge is -2.33. The Morgan fingerprint density at radius 2 is 0.915 bits per heavy atom. The van der Waals surface area contributed by atoms with Crippen LogP contribution in [0.25, 0.3) is 0 Å². The highest BCUT2D eigenvalue weighted by atomic mass is 32.1. The van der Waals surface area contributed by atoms with Gasteiger partial charge in [-0.15, -0.1) is 12.6 Å². The lowest BCUT2D eigenvalue weighted by atomic mass is 9.99. The maximum Gasteiger partial charge on any atom is 0.460 e. The summed E-state index contributed by atoms with van der Waals surface area (Å²) in [6.45, 7) is -2.26. The van der Waals surface area contributed by atoms with Gasteiger partial charge in [-0.3, -0.25) is 9.59 Å². The Hall–Kier alpha value is -2.09. The minimum Gasteiger partial charge on any atom is -0.353 e. The second-order valence-corrected chi connectivity index (χ2v) is 10.4. The molecule has 0 aliphatic carbocycles. The summed E-state index contributed by atoms with van der Waals surface area (Å²) in [4.78, 5) is 23.8. The van der Waals surface area contributed by atoms with Gasteiger partial charge in [0.15, 0.2) is 0 Å². The summed E-state index contributed by atoms with van der Waals surface area (Å²) in [5.74, 6) is -43.8. The molecule has 0 bridgehead atoms. The van der Waals surface area contributed by atoms with Crippen molar-refractivity contribution in [3.8, 4) is 0 Å². The molecule has 278 valence electrons. The lowest BCUT2D eigenvalue weighted by Crippen LogP contribution is -2.61. The number of carbonyl (C=O) groups excluding carboxylic acids is 2. The summed E-state index contributed by atoms with van der Waals surface area (Å²) in [6, 6.07) is 0. The summed E-state index contributed by atoms with van der Waals surface area (Å²) < 4.78 is 248. The molecule has 0 aromatic heterocycles. The number of hydrogen-bond acceptors (Lipinski definition) is 6. The van der Waals surface area contributed by atoms with Crippen molar-refractivity contribution in [2.24, 2.45) is 0 Å². The third-order valence-electron chi connectivity index (χ3n) is 6.05. The molecule has 0 aromatic rings. The number of nitrogens with one attached hydrogen (secondary N) is 2. The summed E-state index contributed by atoms with van der Waals surface area (Å²) in [7, 11) is 0. The fraction of sp³-hybridized carbons (Fsp3) is 0.905. The van der Waals surface area contributed by atoms with Crippen LogP contribution in [0.4, 0.5) is 79.0 Å². The van der Waals surface area contributed by atoms with Crippen molar-refractivity contribution in [1.82, 2.24) is 10.6 Å². The average molecular weight is 756 g/mol. The first kappa shape index (κ1) is 42.9. The van der Waals surface area contributed by atoms with Gasteiger partial charge < -0.3 is 24.8 Å². The highest BCUT2D eigenvalue weighted by Crippen LogP contribution is 2.55. The van der Waals surface area contributed by atoms with Gasteiger partial charge in [0.25, 0.3) is 6.48 Å². The molecule has 1 aliphatic rings. The topological polar surface area (TPSA) is 85.9 Å². The van der Waals surface area contributed by atoms with Crippen LogP contribution in [0.5, 0.6) is 0 Å². The number of amides is 2. The largest absolute Gasteiger partial charge is 0.460 e. The molecule has 0 saturated carbocycles. The predicted octanol–water partition coefficient (Wildman–Crippen LogP) is 6.08. The molecule has 3 unspecified atom stereocenters. The molecule has 1 rings (SSSR count). The van der Waals surface area contributed by atoms with Gasteiger partial charge >= 0.3 is 47.9 Å². The number of thiol groups is 1. The molecule has 0 aromatic carbocycles. The molecule has 1 aliphatic heterocycles. The van der Waals surface area contributed by atoms with Crippen LogP contribution < -0.4 is 10.6 Å². The Balaban J connectivity index is 2.85. The van der Waals surface area contributed by atoms with Crippen LogP contribution in [0, 0.1) is 0 Å². The molecule has 0 radical (unpaired) electrons. The SMILES string of the molecule is CC(S)OC1OC(CNC(=O)CCC(F)(F)C(F)(F)C(F)(F)C(F)(F)F)C(CNC(=O)CCC(F)(F)C(F)(F)C(F)(F)C(F)(F)F)O1. The Kier molecular flexibility index (Phi) is 13.2. The Labute approximate surface area is 256 Å². The molecule has 2 N–H and O–H groups in total. The normalized spacial score (nSPS) is 21.5. The van der Waals surface area contributed by atoms with Crippen LogP contribution in [0.15, 0.2) is 0 Å². The quantitative estimate of drug-likeness (QED) is 0.101. The second-order valence-electron chi connectivity index (χ2n) is 9.68. The molecule has 47 heavy (non-hydrogen) atoms. The Bertz CT molecular complexity index is 1010. The summed E-state index contributed by atoms with van der Waals surface area (Å²) in [5, 5.41) is 3.46. The van der Waals surface area contributed by atoms with E-state index in [-0.39, 0.29) is 0 Å². The van der Waals surface area contributed by atoms with Crippen molar-refractivity contribution in [1.29, 1.82) is 0 Å². The second kappa shape index (κ2) is 14.4. The van der Waals surface area contributed by atoms with Crippen molar-refractivity contribution in [2.45, 2.75) is 105 Å². The van der Waals surface area contributed by atoms with Crippen molar-refractivity contribution in [3.05, 3.63) is 0 Å². The zero-order chi connectivity index (χ0) is 37.2. The third-order valence-corrected chi connectivity index (χ3v) is 6.17. The molecular formula is C21H22F18N2O5S. The minimum absolute atomic E-state index is 0.905. The molecule has 0 spiro atoms. The zero-order valence-corrected chi connectivity index (χ0v) is 23.7. The number of carbonyl (C=O) groups is 2. The first-order valence-electron chi connectivity index (χ1n) is 12.3. The standard InChI is InChI=1S/C21H22F18N2O5S/c1-8(47)44-13-45-9(6-40-11(42)2-4-14(22,23)16(26,27)18(30,31)20(34,35)36)10(46-13)7-41-12(43)3-5-15(24,25)17(28,29)19(32,33)21(37,38)39/h8-10,13,47H,2-7H2,1H3,(H,40,42)(H,41,43). The zero-order valence-electron chi connectivity index (χ0n) is 22.8. The van der Waals surface area contributed by atoms with E-state index >= 15 is 0 Å². The summed E-state index contributed by atoms with van der Waals surface area (Å²) >= 11 is 3.80. The molecule has 26 heteroatoms. The Morgan fingerprint density at radius 1 is 0.617 bits per heavy atom. The van der Waals surface area contributed by atoms with Gasteiger partial charge in [-0.1, -0.05) is 0 Å². The van der Waals surface area contributed by atoms with Crippen LogP contribution in [-0.4, -0.2) is 96.9 Å². The number of hydrogen-bond donors (Lipinski definition) is 3. The van der Waals surface area contributed by atoms with E-state index in [9.17, 15) is 88.6 Å². The van der Waals surface area contributed by atoms with Crippen LogP contribution in [-0.2, 0) is 23.8 Å². The molecule has 2 amide bonds. The van der Waals surface area contributed by atoms with Crippen molar-refractivity contribution < 1.29 is 103 Å². The first-order valence-corrected chi connectivity index (χ1v) is 12.8. The van der Waals surface area contributed by atoms with E-state index in [1.54, 1.807) is 10.6 Å². The summed E-state index contributed by atoms with van der Waals surface area (Å²) in [6.07, 6.45) is -25.9. The van der Waals surface area contributed by atoms with E-state index in [1.807, 2.05) is 0 Å². The van der Waals surface area contributed by atoms with Crippen LogP contribution in [0.1, 0.15) is 32.6 Å².